The van der Waals surface area contributed by atoms with Gasteiger partial charge in [-0.2, -0.15) is 0 Å². The molecule has 0 aromatic heterocycles. The van der Waals surface area contributed by atoms with Gasteiger partial charge >= 0.3 is 0 Å². The summed E-state index contributed by atoms with van der Waals surface area (Å²) in [7, 11) is 0. The quantitative estimate of drug-likeness (QED) is 0.855. The Kier molecular flexibility index (Phi) is 2.56. The molecule has 2 unspecified atom stereocenters. The minimum atomic E-state index is 0.0976. The van der Waals surface area contributed by atoms with Gasteiger partial charge < -0.3 is 10.0 Å². The van der Waals surface area contributed by atoms with Crippen LogP contribution >= 0.6 is 11.6 Å². The van der Waals surface area contributed by atoms with E-state index in [0.717, 1.165) is 28.7 Å². The third-order valence-corrected chi connectivity index (χ3v) is 4.17. The Morgan fingerprint density at radius 2 is 2.25 bits per heavy atom. The molecule has 3 heteroatoms. The summed E-state index contributed by atoms with van der Waals surface area (Å²) in [6, 6.07) is 6.45. The monoisotopic (exact) mass is 237 g/mol. The number of rotatable bonds is 2. The summed E-state index contributed by atoms with van der Waals surface area (Å²) in [6.45, 7) is 1.23. The van der Waals surface area contributed by atoms with E-state index in [2.05, 4.69) is 4.90 Å². The molecular formula is C13H16ClNO. The normalized spacial score (nSPS) is 27.8. The Morgan fingerprint density at radius 1 is 1.38 bits per heavy atom. The lowest BCUT2D eigenvalue weighted by molar-refractivity contribution is 0.282. The lowest BCUT2D eigenvalue weighted by Crippen LogP contribution is -2.32. The summed E-state index contributed by atoms with van der Waals surface area (Å²) in [5.74, 6) is 0.857. The topological polar surface area (TPSA) is 23.5 Å². The molecule has 2 fully saturated rings. The fraction of sp³-hybridized carbons (Fsp3) is 0.538. The first-order chi connectivity index (χ1) is 7.78. The second-order valence-corrected chi connectivity index (χ2v) is 5.35. The van der Waals surface area contributed by atoms with Crippen molar-refractivity contribution in [1.82, 2.24) is 0 Å². The largest absolute Gasteiger partial charge is 0.392 e. The van der Waals surface area contributed by atoms with Gasteiger partial charge in [0.15, 0.2) is 0 Å². The van der Waals surface area contributed by atoms with Gasteiger partial charge in [-0.05, 0) is 37.3 Å². The predicted octanol–water partition coefficient (Wildman–Crippen LogP) is 2.82. The van der Waals surface area contributed by atoms with Crippen LogP contribution in [0.2, 0.25) is 5.02 Å². The van der Waals surface area contributed by atoms with E-state index in [1.54, 1.807) is 0 Å². The lowest BCUT2D eigenvalue weighted by atomic mass is 10.1. The van der Waals surface area contributed by atoms with Crippen molar-refractivity contribution in [1.29, 1.82) is 0 Å². The number of aliphatic hydroxyl groups excluding tert-OH is 1. The number of nitrogens with zero attached hydrogens (tertiary/aromatic N) is 1. The maximum atomic E-state index is 9.37. The molecule has 1 aliphatic carbocycles. The molecule has 0 radical (unpaired) electrons. The van der Waals surface area contributed by atoms with Gasteiger partial charge in [0, 0.05) is 28.9 Å². The Bertz CT molecular complexity index is 407. The van der Waals surface area contributed by atoms with E-state index in [1.807, 2.05) is 18.2 Å². The fourth-order valence-electron chi connectivity index (χ4n) is 3.16. The van der Waals surface area contributed by atoms with Crippen molar-refractivity contribution in [2.45, 2.75) is 31.9 Å². The number of halogens is 1. The van der Waals surface area contributed by atoms with Gasteiger partial charge in [0.1, 0.15) is 0 Å². The summed E-state index contributed by atoms with van der Waals surface area (Å²) < 4.78 is 0. The van der Waals surface area contributed by atoms with Crippen LogP contribution in [-0.4, -0.2) is 17.7 Å². The standard InChI is InChI=1S/C13H16ClNO/c14-11-3-2-10(8-16)13(6-11)15-7-9-1-4-12(15)5-9/h2-3,6,9,12,16H,1,4-5,7-8H2. The Labute approximate surface area is 101 Å². The molecule has 1 aromatic rings. The van der Waals surface area contributed by atoms with E-state index in [9.17, 15) is 5.11 Å². The highest BCUT2D eigenvalue weighted by Gasteiger charge is 2.38. The second kappa shape index (κ2) is 3.94. The van der Waals surface area contributed by atoms with E-state index in [0.29, 0.717) is 6.04 Å². The van der Waals surface area contributed by atoms with Crippen LogP contribution in [-0.2, 0) is 6.61 Å². The van der Waals surface area contributed by atoms with Crippen molar-refractivity contribution in [2.24, 2.45) is 5.92 Å². The van der Waals surface area contributed by atoms with Gasteiger partial charge in [0.2, 0.25) is 0 Å². The zero-order chi connectivity index (χ0) is 11.1. The van der Waals surface area contributed by atoms with Crippen LogP contribution in [0.5, 0.6) is 0 Å². The third-order valence-electron chi connectivity index (χ3n) is 3.94. The van der Waals surface area contributed by atoms with Crippen molar-refractivity contribution < 1.29 is 5.11 Å². The SMILES string of the molecule is OCc1ccc(Cl)cc1N1CC2CCC1C2. The zero-order valence-electron chi connectivity index (χ0n) is 9.19. The van der Waals surface area contributed by atoms with Crippen molar-refractivity contribution in [3.8, 4) is 0 Å². The van der Waals surface area contributed by atoms with E-state index < -0.39 is 0 Å². The maximum absolute atomic E-state index is 9.37. The first-order valence-corrected chi connectivity index (χ1v) is 6.31. The van der Waals surface area contributed by atoms with Crippen molar-refractivity contribution in [2.75, 3.05) is 11.4 Å². The molecule has 86 valence electrons. The van der Waals surface area contributed by atoms with Crippen molar-refractivity contribution in [3.63, 3.8) is 0 Å². The number of anilines is 1. The molecule has 2 nitrogen and oxygen atoms in total. The molecular weight excluding hydrogens is 222 g/mol. The van der Waals surface area contributed by atoms with Crippen LogP contribution in [0.4, 0.5) is 5.69 Å². The average molecular weight is 238 g/mol. The highest BCUT2D eigenvalue weighted by atomic mass is 35.5. The predicted molar refractivity (Wildman–Crippen MR) is 65.8 cm³/mol. The Balaban J connectivity index is 1.96. The van der Waals surface area contributed by atoms with Crippen LogP contribution < -0.4 is 4.90 Å². The number of aliphatic hydroxyl groups is 1. The second-order valence-electron chi connectivity index (χ2n) is 4.92. The minimum Gasteiger partial charge on any atom is -0.392 e. The van der Waals surface area contributed by atoms with E-state index in [1.165, 1.54) is 19.3 Å². The molecule has 1 aromatic carbocycles. The molecule has 3 rings (SSSR count). The van der Waals surface area contributed by atoms with Gasteiger partial charge in [-0.3, -0.25) is 0 Å². The van der Waals surface area contributed by atoms with Gasteiger partial charge in [-0.1, -0.05) is 17.7 Å². The van der Waals surface area contributed by atoms with Crippen molar-refractivity contribution >= 4 is 17.3 Å². The zero-order valence-corrected chi connectivity index (χ0v) is 9.95. The molecule has 2 aliphatic rings. The van der Waals surface area contributed by atoms with Gasteiger partial charge in [-0.15, -0.1) is 0 Å². The summed E-state index contributed by atoms with van der Waals surface area (Å²) in [6.07, 6.45) is 3.98. The Hall–Kier alpha value is -0.730. The molecule has 1 aliphatic heterocycles. The van der Waals surface area contributed by atoms with E-state index >= 15 is 0 Å². The van der Waals surface area contributed by atoms with E-state index in [-0.39, 0.29) is 6.61 Å². The highest BCUT2D eigenvalue weighted by molar-refractivity contribution is 6.30. The first kappa shape index (κ1) is 10.4. The van der Waals surface area contributed by atoms with Gasteiger partial charge in [0.05, 0.1) is 6.61 Å². The molecule has 0 spiro atoms. The third kappa shape index (κ3) is 1.61. The number of fused-ring (bicyclic) bond motifs is 2. The van der Waals surface area contributed by atoms with Gasteiger partial charge in [-0.25, -0.2) is 0 Å². The summed E-state index contributed by atoms with van der Waals surface area (Å²) >= 11 is 6.05. The van der Waals surface area contributed by atoms with E-state index in [4.69, 9.17) is 11.6 Å². The number of benzene rings is 1. The highest BCUT2D eigenvalue weighted by Crippen LogP contribution is 2.41. The molecule has 1 N–H and O–H groups in total. The summed E-state index contributed by atoms with van der Waals surface area (Å²) in [4.78, 5) is 2.44. The fourth-order valence-corrected chi connectivity index (χ4v) is 3.32. The van der Waals surface area contributed by atoms with Crippen LogP contribution in [0.3, 0.4) is 0 Å². The molecule has 16 heavy (non-hydrogen) atoms. The van der Waals surface area contributed by atoms with Crippen LogP contribution in [0.15, 0.2) is 18.2 Å². The molecule has 2 bridgehead atoms. The molecule has 0 amide bonds. The molecule has 2 atom stereocenters. The van der Waals surface area contributed by atoms with Crippen LogP contribution in [0.25, 0.3) is 0 Å². The minimum absolute atomic E-state index is 0.0976. The number of hydrogen-bond acceptors (Lipinski definition) is 2. The van der Waals surface area contributed by atoms with Crippen LogP contribution in [0, 0.1) is 5.92 Å². The number of piperidine rings is 1. The van der Waals surface area contributed by atoms with Crippen LogP contribution in [0.1, 0.15) is 24.8 Å². The molecule has 1 saturated heterocycles. The summed E-state index contributed by atoms with van der Waals surface area (Å²) in [5.41, 5.74) is 2.14. The maximum Gasteiger partial charge on any atom is 0.0702 e. The van der Waals surface area contributed by atoms with Gasteiger partial charge in [0.25, 0.3) is 0 Å². The van der Waals surface area contributed by atoms with Crippen molar-refractivity contribution in [3.05, 3.63) is 28.8 Å². The molecule has 1 saturated carbocycles. The number of hydrogen-bond donors (Lipinski definition) is 1. The Morgan fingerprint density at radius 3 is 2.88 bits per heavy atom. The lowest BCUT2D eigenvalue weighted by Gasteiger charge is -2.31. The molecule has 1 heterocycles. The smallest absolute Gasteiger partial charge is 0.0702 e. The first-order valence-electron chi connectivity index (χ1n) is 5.94. The summed E-state index contributed by atoms with van der Waals surface area (Å²) in [5, 5.41) is 10.1. The average Bonchev–Trinajstić information content (AvgIpc) is 2.90.